The van der Waals surface area contributed by atoms with E-state index in [1.54, 1.807) is 0 Å². The van der Waals surface area contributed by atoms with Gasteiger partial charge in [-0.05, 0) is 43.1 Å². The molecule has 0 aromatic carbocycles. The highest BCUT2D eigenvalue weighted by Crippen LogP contribution is 2.40. The van der Waals surface area contributed by atoms with Crippen LogP contribution in [-0.4, -0.2) is 60.8 Å². The summed E-state index contributed by atoms with van der Waals surface area (Å²) in [6.45, 7) is 4.94. The quantitative estimate of drug-likeness (QED) is 0.731. The van der Waals surface area contributed by atoms with E-state index >= 15 is 0 Å². The van der Waals surface area contributed by atoms with Crippen LogP contribution in [0, 0.1) is 11.8 Å². The van der Waals surface area contributed by atoms with Gasteiger partial charge in [-0.15, -0.1) is 0 Å². The molecule has 3 saturated heterocycles. The topological polar surface area (TPSA) is 38.8 Å². The van der Waals surface area contributed by atoms with Crippen molar-refractivity contribution in [2.45, 2.75) is 44.2 Å². The maximum absolute atomic E-state index is 11.9. The van der Waals surface area contributed by atoms with Crippen molar-refractivity contribution in [1.82, 2.24) is 4.90 Å². The van der Waals surface area contributed by atoms with E-state index in [1.807, 2.05) is 11.8 Å². The maximum atomic E-state index is 11.9. The van der Waals surface area contributed by atoms with Crippen LogP contribution in [0.15, 0.2) is 0 Å². The van der Waals surface area contributed by atoms with E-state index in [9.17, 15) is 4.79 Å². The summed E-state index contributed by atoms with van der Waals surface area (Å²) < 4.78 is 11.1. The Balaban J connectivity index is 1.63. The molecule has 5 heteroatoms. The highest BCUT2D eigenvalue weighted by Gasteiger charge is 2.44. The summed E-state index contributed by atoms with van der Waals surface area (Å²) in [6, 6.07) is 0.582. The Hall–Kier alpha value is -0.260. The molecule has 0 aromatic rings. The van der Waals surface area contributed by atoms with Gasteiger partial charge in [-0.2, -0.15) is 11.8 Å². The molecule has 3 heterocycles. The number of hydrogen-bond acceptors (Lipinski definition) is 5. The van der Waals surface area contributed by atoms with E-state index in [2.05, 4.69) is 11.8 Å². The number of ether oxygens (including phenoxy) is 2. The molecule has 0 saturated carbocycles. The third-order valence-corrected chi connectivity index (χ3v) is 6.52. The number of carbonyl (C=O) groups is 1. The fourth-order valence-corrected chi connectivity index (χ4v) is 5.40. The number of likely N-dealkylation sites (tertiary alicyclic amines) is 1. The molecule has 0 N–H and O–H groups in total. The summed E-state index contributed by atoms with van der Waals surface area (Å²) in [5, 5.41) is 0. The number of nitrogens with zero attached hydrogens (tertiary/aromatic N) is 1. The third-order valence-electron chi connectivity index (χ3n) is 5.53. The van der Waals surface area contributed by atoms with Crippen LogP contribution in [0.25, 0.3) is 0 Å². The molecule has 120 valence electrons. The number of hydrogen-bond donors (Lipinski definition) is 0. The van der Waals surface area contributed by atoms with E-state index in [0.29, 0.717) is 12.0 Å². The van der Waals surface area contributed by atoms with Crippen molar-refractivity contribution >= 4 is 17.7 Å². The Morgan fingerprint density at radius 2 is 2.10 bits per heavy atom. The predicted octanol–water partition coefficient (Wildman–Crippen LogP) is 2.17. The molecule has 0 aromatic heterocycles. The molecule has 3 aliphatic rings. The van der Waals surface area contributed by atoms with E-state index in [4.69, 9.17) is 9.47 Å². The predicted molar refractivity (Wildman–Crippen MR) is 84.5 cm³/mol. The average Bonchev–Trinajstić information content (AvgIpc) is 2.89. The second-order valence-corrected chi connectivity index (χ2v) is 8.08. The highest BCUT2D eigenvalue weighted by molar-refractivity contribution is 7.99. The van der Waals surface area contributed by atoms with Crippen LogP contribution in [0.3, 0.4) is 0 Å². The zero-order valence-corrected chi connectivity index (χ0v) is 14.0. The normalized spacial score (nSPS) is 36.8. The maximum Gasteiger partial charge on any atom is 0.310 e. The molecule has 21 heavy (non-hydrogen) atoms. The Morgan fingerprint density at radius 3 is 2.81 bits per heavy atom. The van der Waals surface area contributed by atoms with E-state index in [1.165, 1.54) is 31.5 Å². The second kappa shape index (κ2) is 6.47. The van der Waals surface area contributed by atoms with Gasteiger partial charge in [-0.3, -0.25) is 9.69 Å². The summed E-state index contributed by atoms with van der Waals surface area (Å²) in [5.74, 6) is 2.87. The first-order valence-electron chi connectivity index (χ1n) is 8.17. The van der Waals surface area contributed by atoms with Crippen LogP contribution in [0.2, 0.25) is 0 Å². The largest absolute Gasteiger partial charge is 0.469 e. The van der Waals surface area contributed by atoms with Crippen molar-refractivity contribution in [3.05, 3.63) is 0 Å². The van der Waals surface area contributed by atoms with Crippen molar-refractivity contribution in [1.29, 1.82) is 0 Å². The molecule has 3 atom stereocenters. The Bertz CT molecular complexity index is 378. The van der Waals surface area contributed by atoms with Gasteiger partial charge in [0.1, 0.15) is 0 Å². The van der Waals surface area contributed by atoms with Crippen LogP contribution in [0.1, 0.15) is 32.6 Å². The van der Waals surface area contributed by atoms with Crippen LogP contribution >= 0.6 is 11.8 Å². The van der Waals surface area contributed by atoms with Gasteiger partial charge in [0.15, 0.2) is 0 Å². The number of methoxy groups -OCH3 is 1. The molecule has 0 radical (unpaired) electrons. The Kier molecular flexibility index (Phi) is 4.81. The first-order chi connectivity index (χ1) is 10.1. The van der Waals surface area contributed by atoms with Crippen LogP contribution < -0.4 is 0 Å². The first kappa shape index (κ1) is 15.6. The van der Waals surface area contributed by atoms with Crippen LogP contribution in [0.5, 0.6) is 0 Å². The molecule has 0 bridgehead atoms. The zero-order valence-electron chi connectivity index (χ0n) is 13.2. The first-order valence-corrected chi connectivity index (χ1v) is 9.33. The fourth-order valence-electron chi connectivity index (χ4n) is 4.17. The number of esters is 1. The summed E-state index contributed by atoms with van der Waals surface area (Å²) in [6.07, 6.45) is 4.64. The smallest absolute Gasteiger partial charge is 0.310 e. The Labute approximate surface area is 131 Å². The minimum atomic E-state index is -0.0409. The van der Waals surface area contributed by atoms with Gasteiger partial charge in [0, 0.05) is 25.7 Å². The molecule has 3 unspecified atom stereocenters. The molecule has 3 fully saturated rings. The number of rotatable bonds is 2. The van der Waals surface area contributed by atoms with Gasteiger partial charge in [0.25, 0.3) is 0 Å². The van der Waals surface area contributed by atoms with Gasteiger partial charge in [-0.1, -0.05) is 6.92 Å². The van der Waals surface area contributed by atoms with Crippen molar-refractivity contribution in [2.24, 2.45) is 11.8 Å². The van der Waals surface area contributed by atoms with Crippen LogP contribution in [-0.2, 0) is 14.3 Å². The lowest BCUT2D eigenvalue weighted by Gasteiger charge is -2.45. The van der Waals surface area contributed by atoms with E-state index < -0.39 is 0 Å². The molecule has 3 rings (SSSR count). The zero-order chi connectivity index (χ0) is 14.9. The monoisotopic (exact) mass is 313 g/mol. The van der Waals surface area contributed by atoms with Gasteiger partial charge in [-0.25, -0.2) is 0 Å². The standard InChI is InChI=1S/C16H27NO3S/c1-12-10-17(11-14(12)15(18)19-2)13-3-6-20-16(9-13)4-7-21-8-5-16/h12-14H,3-11H2,1-2H3. The third kappa shape index (κ3) is 3.25. The lowest BCUT2D eigenvalue weighted by molar-refractivity contribution is -0.146. The minimum Gasteiger partial charge on any atom is -0.469 e. The SMILES string of the molecule is COC(=O)C1CN(C2CCOC3(CCSCC3)C2)CC1C. The van der Waals surface area contributed by atoms with E-state index in [-0.39, 0.29) is 17.5 Å². The van der Waals surface area contributed by atoms with Gasteiger partial charge < -0.3 is 9.47 Å². The summed E-state index contributed by atoms with van der Waals surface area (Å²) in [7, 11) is 1.50. The van der Waals surface area contributed by atoms with Gasteiger partial charge in [0.05, 0.1) is 18.6 Å². The van der Waals surface area contributed by atoms with E-state index in [0.717, 1.165) is 32.5 Å². The number of thioether (sulfide) groups is 1. The average molecular weight is 313 g/mol. The Morgan fingerprint density at radius 1 is 1.33 bits per heavy atom. The molecule has 1 spiro atoms. The van der Waals surface area contributed by atoms with Gasteiger partial charge in [0.2, 0.25) is 0 Å². The lowest BCUT2D eigenvalue weighted by Crippen LogP contribution is -2.50. The van der Waals surface area contributed by atoms with Crippen molar-refractivity contribution in [3.8, 4) is 0 Å². The van der Waals surface area contributed by atoms with Crippen LogP contribution in [0.4, 0.5) is 0 Å². The molecule has 4 nitrogen and oxygen atoms in total. The van der Waals surface area contributed by atoms with Crippen molar-refractivity contribution in [2.75, 3.05) is 38.3 Å². The molecule has 0 amide bonds. The lowest BCUT2D eigenvalue weighted by atomic mass is 9.85. The fraction of sp³-hybridized carbons (Fsp3) is 0.938. The van der Waals surface area contributed by atoms with Gasteiger partial charge >= 0.3 is 5.97 Å². The van der Waals surface area contributed by atoms with Crippen molar-refractivity contribution < 1.29 is 14.3 Å². The second-order valence-electron chi connectivity index (χ2n) is 6.85. The summed E-state index contributed by atoms with van der Waals surface area (Å²) in [5.41, 5.74) is 0.126. The highest BCUT2D eigenvalue weighted by atomic mass is 32.2. The molecular weight excluding hydrogens is 286 g/mol. The molecule has 0 aliphatic carbocycles. The van der Waals surface area contributed by atoms with Crippen molar-refractivity contribution in [3.63, 3.8) is 0 Å². The molecular formula is C16H27NO3S. The minimum absolute atomic E-state index is 0.0409. The summed E-state index contributed by atoms with van der Waals surface area (Å²) >= 11 is 2.05. The number of carbonyl (C=O) groups excluding carboxylic acids is 1. The molecule has 3 aliphatic heterocycles. The summed E-state index contributed by atoms with van der Waals surface area (Å²) in [4.78, 5) is 14.4.